The van der Waals surface area contributed by atoms with E-state index in [1.54, 1.807) is 0 Å². The molecular weight excluding hydrogens is 634 g/mol. The predicted octanol–water partition coefficient (Wildman–Crippen LogP) is 5.91. The van der Waals surface area contributed by atoms with Crippen molar-refractivity contribution in [3.05, 3.63) is 0 Å². The smallest absolute Gasteiger partial charge is 0.539 e. The molecule has 6 aliphatic rings. The maximum atomic E-state index is 6.14. The van der Waals surface area contributed by atoms with E-state index in [1.807, 2.05) is 0 Å². The van der Waals surface area contributed by atoms with Gasteiger partial charge in [0.05, 0.1) is 0 Å². The molecule has 0 radical (unpaired) electrons. The molecule has 6 rings (SSSR count). The minimum absolute atomic E-state index is 0.381. The summed E-state index contributed by atoms with van der Waals surface area (Å²) in [7, 11) is 0. The summed E-state index contributed by atoms with van der Waals surface area (Å²) in [6.45, 7) is -1.01. The first-order chi connectivity index (χ1) is 19.6. The van der Waals surface area contributed by atoms with Crippen molar-refractivity contribution in [1.29, 1.82) is 0 Å². The molecule has 0 spiro atoms. The fourth-order valence-corrected chi connectivity index (χ4v) is 9.46. The van der Waals surface area contributed by atoms with Crippen LogP contribution in [0.2, 0.25) is 12.6 Å². The summed E-state index contributed by atoms with van der Waals surface area (Å²) in [6, 6.07) is 0. The van der Waals surface area contributed by atoms with E-state index in [0.29, 0.717) is 42.9 Å². The molecule has 0 N–H and O–H groups in total. The van der Waals surface area contributed by atoms with E-state index in [0.717, 1.165) is 60.2 Å². The second kappa shape index (κ2) is 15.0. The summed E-state index contributed by atoms with van der Waals surface area (Å²) in [6.07, 6.45) is 4.01. The van der Waals surface area contributed by atoms with Crippen molar-refractivity contribution < 1.29 is 28.5 Å². The topological polar surface area (TPSA) is 130 Å². The molecule has 0 unspecified atom stereocenters. The Hall–Kier alpha value is -0.950. The zero-order chi connectivity index (χ0) is 27.7. The highest BCUT2D eigenvalue weighted by molar-refractivity contribution is 8.28. The monoisotopic (exact) mass is 664 g/mol. The molecule has 0 amide bonds. The SMILES string of the molecule is CCCC[B-]12ON=C3SCCS/C3=N\O[B-](CCCC)(O/N=C3\SCCSC3=NO1)O/N=C1\SCCS\C1=N/O2. The van der Waals surface area contributed by atoms with Gasteiger partial charge >= 0.3 is 13.5 Å². The van der Waals surface area contributed by atoms with Crippen molar-refractivity contribution in [1.82, 2.24) is 0 Å². The fourth-order valence-electron chi connectivity index (χ4n) is 3.70. The van der Waals surface area contributed by atoms with Gasteiger partial charge in [-0.25, -0.2) is 0 Å². The van der Waals surface area contributed by atoms with E-state index in [2.05, 4.69) is 44.8 Å². The number of thioether (sulfide) groups is 6. The molecule has 6 aliphatic heterocycles. The number of hydrogen-bond acceptors (Lipinski definition) is 18. The average molecular weight is 665 g/mol. The Balaban J connectivity index is 1.67. The van der Waals surface area contributed by atoms with E-state index < -0.39 is 13.5 Å². The van der Waals surface area contributed by atoms with Crippen LogP contribution in [0.1, 0.15) is 39.5 Å². The summed E-state index contributed by atoms with van der Waals surface area (Å²) in [5, 5.41) is 30.1. The van der Waals surface area contributed by atoms with Gasteiger partial charge in [-0.05, 0) is 0 Å². The molecule has 0 saturated carbocycles. The van der Waals surface area contributed by atoms with E-state index in [9.17, 15) is 0 Å². The largest absolute Gasteiger partial charge is 0.609 e. The van der Waals surface area contributed by atoms with Crippen LogP contribution in [-0.4, -0.2) is 78.3 Å². The van der Waals surface area contributed by atoms with Crippen molar-refractivity contribution in [2.75, 3.05) is 34.5 Å². The van der Waals surface area contributed by atoms with E-state index in [4.69, 9.17) is 28.5 Å². The molecule has 12 nitrogen and oxygen atoms in total. The summed E-state index contributed by atoms with van der Waals surface area (Å²) in [5.74, 6) is 4.97. The van der Waals surface area contributed by atoms with Gasteiger partial charge in [-0.1, -0.05) is 123 Å². The average Bonchev–Trinajstić information content (AvgIpc) is 3.00. The van der Waals surface area contributed by atoms with Gasteiger partial charge in [-0.15, -0.1) is 30.9 Å². The quantitative estimate of drug-likeness (QED) is 0.313. The van der Waals surface area contributed by atoms with Gasteiger partial charge in [-0.2, -0.15) is 0 Å². The lowest BCUT2D eigenvalue weighted by atomic mass is 9.73. The molecule has 0 aliphatic carbocycles. The zero-order valence-electron chi connectivity index (χ0n) is 22.2. The predicted molar refractivity (Wildman–Crippen MR) is 177 cm³/mol. The van der Waals surface area contributed by atoms with Crippen LogP contribution in [0.25, 0.3) is 0 Å². The standard InChI is InChI=1S/C20H30B2N6O6S6/c1-3-5-7-21-29-23-15-18(38-12-9-35-15)26-32-22(8-6-4-2,33-27-19-16(24-30-21)36-10-13-39-19)34-28-20-17(25-31-21)37-11-14-40-20/h3-14H2,1-2H3/q-2/b23-15-,24-16-,25-17-,26-18-,27-19?,28-20?. The molecule has 40 heavy (non-hydrogen) atoms. The second-order valence-electron chi connectivity index (χ2n) is 8.96. The van der Waals surface area contributed by atoms with Crippen LogP contribution in [0.5, 0.6) is 0 Å². The first kappa shape index (κ1) is 30.5. The highest BCUT2D eigenvalue weighted by atomic mass is 32.2. The Morgan fingerprint density at radius 2 is 0.675 bits per heavy atom. The zero-order valence-corrected chi connectivity index (χ0v) is 27.1. The van der Waals surface area contributed by atoms with Gasteiger partial charge in [0.2, 0.25) is 0 Å². The highest BCUT2D eigenvalue weighted by Crippen LogP contribution is 2.33. The molecular formula is C20H30B2N6O6S6-2. The van der Waals surface area contributed by atoms with Crippen LogP contribution in [0.15, 0.2) is 30.9 Å². The molecule has 0 aromatic carbocycles. The van der Waals surface area contributed by atoms with Crippen molar-refractivity contribution in [3.63, 3.8) is 0 Å². The van der Waals surface area contributed by atoms with Gasteiger partial charge in [-0.3, -0.25) is 0 Å². The van der Waals surface area contributed by atoms with E-state index >= 15 is 0 Å². The number of unbranched alkanes of at least 4 members (excludes halogenated alkanes) is 2. The highest BCUT2D eigenvalue weighted by Gasteiger charge is 2.42. The molecule has 20 heteroatoms. The summed E-state index contributed by atoms with van der Waals surface area (Å²) in [4.78, 5) is 0. The minimum atomic E-state index is -2.58. The second-order valence-corrected chi connectivity index (χ2v) is 15.5. The van der Waals surface area contributed by atoms with Gasteiger partial charge in [0.25, 0.3) is 0 Å². The molecule has 3 saturated heterocycles. The van der Waals surface area contributed by atoms with Gasteiger partial charge in [0.1, 0.15) is 0 Å². The third-order valence-corrected chi connectivity index (χ3v) is 12.7. The molecule has 2 bridgehead atoms. The Morgan fingerprint density at radius 1 is 0.450 bits per heavy atom. The van der Waals surface area contributed by atoms with Crippen molar-refractivity contribution in [2.45, 2.75) is 52.2 Å². The third kappa shape index (κ3) is 7.90. The Morgan fingerprint density at radius 3 is 0.875 bits per heavy atom. The number of rotatable bonds is 6. The maximum absolute atomic E-state index is 6.14. The van der Waals surface area contributed by atoms with Crippen molar-refractivity contribution >= 4 is 114 Å². The van der Waals surface area contributed by atoms with Crippen LogP contribution in [-0.2, 0) is 28.5 Å². The lowest BCUT2D eigenvalue weighted by Gasteiger charge is -2.37. The molecule has 6 heterocycles. The first-order valence-corrected chi connectivity index (χ1v) is 19.2. The number of fused-ring (bicyclic) bond motifs is 6. The molecule has 0 aromatic heterocycles. The Labute approximate surface area is 259 Å². The van der Waals surface area contributed by atoms with Crippen LogP contribution < -0.4 is 0 Å². The lowest BCUT2D eigenvalue weighted by Crippen LogP contribution is -2.44. The summed E-state index contributed by atoms with van der Waals surface area (Å²) >= 11 is 9.04. The van der Waals surface area contributed by atoms with E-state index in [-0.39, 0.29) is 0 Å². The number of oxime groups is 6. The van der Waals surface area contributed by atoms with E-state index in [1.165, 1.54) is 70.6 Å². The van der Waals surface area contributed by atoms with Crippen molar-refractivity contribution in [2.24, 2.45) is 30.9 Å². The summed E-state index contributed by atoms with van der Waals surface area (Å²) < 4.78 is 36.8. The minimum Gasteiger partial charge on any atom is -0.539 e. The lowest BCUT2D eigenvalue weighted by molar-refractivity contribution is 0.0632. The van der Waals surface area contributed by atoms with Gasteiger partial charge < -0.3 is 28.5 Å². The Bertz CT molecular complexity index is 908. The van der Waals surface area contributed by atoms with Crippen LogP contribution in [0.4, 0.5) is 0 Å². The summed E-state index contributed by atoms with van der Waals surface area (Å²) in [5.41, 5.74) is 0. The van der Waals surface area contributed by atoms with Gasteiger partial charge in [0, 0.05) is 34.5 Å². The fraction of sp³-hybridized carbons (Fsp3) is 0.700. The third-order valence-electron chi connectivity index (χ3n) is 5.83. The van der Waals surface area contributed by atoms with Crippen LogP contribution in [0.3, 0.4) is 0 Å². The molecule has 0 atom stereocenters. The Kier molecular flexibility index (Phi) is 11.4. The molecule has 0 aromatic rings. The molecule has 220 valence electrons. The van der Waals surface area contributed by atoms with Crippen molar-refractivity contribution in [3.8, 4) is 0 Å². The molecule has 3 fully saturated rings. The van der Waals surface area contributed by atoms with Gasteiger partial charge in [0.15, 0.2) is 30.3 Å². The maximum Gasteiger partial charge on any atom is 0.609 e. The van der Waals surface area contributed by atoms with Crippen LogP contribution >= 0.6 is 70.6 Å². The number of hydrogen-bond donors (Lipinski definition) is 0. The first-order valence-electron chi connectivity index (χ1n) is 13.3. The van der Waals surface area contributed by atoms with Crippen LogP contribution in [0, 0.1) is 0 Å². The number of nitrogens with zero attached hydrogens (tertiary/aromatic N) is 6. The normalized spacial score (nSPS) is 34.1.